The Bertz CT molecular complexity index is 257. The third-order valence-corrected chi connectivity index (χ3v) is 15.2. The second-order valence-electron chi connectivity index (χ2n) is 4.77. The van der Waals surface area contributed by atoms with Gasteiger partial charge in [0.1, 0.15) is 4.11 Å². The van der Waals surface area contributed by atoms with Crippen molar-refractivity contribution < 1.29 is 13.6 Å². The summed E-state index contributed by atoms with van der Waals surface area (Å²) in [6, 6.07) is 0. The molecule has 0 aliphatic heterocycles. The summed E-state index contributed by atoms with van der Waals surface area (Å²) in [5.74, 6) is 0. The second kappa shape index (κ2) is 6.05. The summed E-state index contributed by atoms with van der Waals surface area (Å²) in [5, 5.41) is 0. The molecule has 1 atom stereocenters. The molecule has 0 aliphatic carbocycles. The number of hydrogen-bond donors (Lipinski definition) is 0. The summed E-state index contributed by atoms with van der Waals surface area (Å²) < 4.78 is 23.5. The van der Waals surface area contributed by atoms with Crippen molar-refractivity contribution in [3.05, 3.63) is 0 Å². The quantitative estimate of drug-likeness (QED) is 0.518. The van der Waals surface area contributed by atoms with E-state index in [1.807, 2.05) is 27.0 Å². The smallest absolute Gasteiger partial charge is 0.308 e. The Hall–Kier alpha value is 0.717. The average Bonchev–Trinajstić information content (AvgIpc) is 2.15. The molecule has 0 rings (SSSR count). The van der Waals surface area contributed by atoms with Crippen molar-refractivity contribution in [2.45, 2.75) is 44.5 Å². The van der Waals surface area contributed by atoms with Crippen molar-refractivity contribution in [3.8, 4) is 0 Å². The molecular formula is C10H25O3PSSi. The molecule has 0 radical (unpaired) electrons. The van der Waals surface area contributed by atoms with E-state index in [9.17, 15) is 4.57 Å². The van der Waals surface area contributed by atoms with Crippen LogP contribution < -0.4 is 0 Å². The van der Waals surface area contributed by atoms with E-state index in [0.717, 1.165) is 0 Å². The first kappa shape index (κ1) is 16.7. The molecular weight excluding hydrogens is 259 g/mol. The molecule has 0 amide bonds. The standard InChI is InChI=1S/C10H25O3PSSi/c1-8-12-14(11,13-9-2)10(3,15-4)16(5,6)7/h8-9H2,1-7H3. The lowest BCUT2D eigenvalue weighted by atomic mass is 10.9. The monoisotopic (exact) mass is 284 g/mol. The van der Waals surface area contributed by atoms with Gasteiger partial charge in [0.15, 0.2) is 0 Å². The Morgan fingerprint density at radius 2 is 1.56 bits per heavy atom. The van der Waals surface area contributed by atoms with Crippen molar-refractivity contribution in [3.63, 3.8) is 0 Å². The van der Waals surface area contributed by atoms with Crippen LogP contribution in [0.15, 0.2) is 0 Å². The van der Waals surface area contributed by atoms with Gasteiger partial charge in [0.05, 0.1) is 21.3 Å². The Labute approximate surface area is 105 Å². The molecule has 98 valence electrons. The van der Waals surface area contributed by atoms with Gasteiger partial charge in [-0.25, -0.2) is 0 Å². The van der Waals surface area contributed by atoms with E-state index in [-0.39, 0.29) is 0 Å². The van der Waals surface area contributed by atoms with E-state index in [1.54, 1.807) is 11.8 Å². The first-order valence-electron chi connectivity index (χ1n) is 5.63. The molecule has 0 N–H and O–H groups in total. The van der Waals surface area contributed by atoms with Crippen molar-refractivity contribution in [2.24, 2.45) is 0 Å². The van der Waals surface area contributed by atoms with Crippen LogP contribution in [0.4, 0.5) is 0 Å². The molecule has 0 heterocycles. The molecule has 0 saturated carbocycles. The number of hydrogen-bond acceptors (Lipinski definition) is 4. The highest BCUT2D eigenvalue weighted by Gasteiger charge is 2.55. The van der Waals surface area contributed by atoms with E-state index in [0.29, 0.717) is 13.2 Å². The van der Waals surface area contributed by atoms with Gasteiger partial charge < -0.3 is 9.05 Å². The predicted octanol–water partition coefficient (Wildman–Crippen LogP) is 4.21. The van der Waals surface area contributed by atoms with Gasteiger partial charge in [-0.1, -0.05) is 19.6 Å². The van der Waals surface area contributed by atoms with Gasteiger partial charge in [-0.3, -0.25) is 4.57 Å². The third kappa shape index (κ3) is 3.14. The van der Waals surface area contributed by atoms with Gasteiger partial charge >= 0.3 is 7.60 Å². The highest BCUT2D eigenvalue weighted by atomic mass is 32.2. The normalized spacial score (nSPS) is 17.2. The summed E-state index contributed by atoms with van der Waals surface area (Å²) in [7, 11) is -4.71. The van der Waals surface area contributed by atoms with E-state index in [4.69, 9.17) is 9.05 Å². The maximum absolute atomic E-state index is 12.9. The van der Waals surface area contributed by atoms with E-state index in [2.05, 4.69) is 19.6 Å². The van der Waals surface area contributed by atoms with Crippen molar-refractivity contribution in [2.75, 3.05) is 19.5 Å². The number of thioether (sulfide) groups is 1. The topological polar surface area (TPSA) is 35.5 Å². The maximum atomic E-state index is 12.9. The fourth-order valence-electron chi connectivity index (χ4n) is 1.45. The lowest BCUT2D eigenvalue weighted by Gasteiger charge is -2.42. The van der Waals surface area contributed by atoms with Crippen LogP contribution in [0.3, 0.4) is 0 Å². The predicted molar refractivity (Wildman–Crippen MR) is 76.1 cm³/mol. The van der Waals surface area contributed by atoms with E-state index in [1.165, 1.54) is 0 Å². The Morgan fingerprint density at radius 1 is 1.19 bits per heavy atom. The van der Waals surface area contributed by atoms with E-state index < -0.39 is 19.8 Å². The molecule has 6 heteroatoms. The molecule has 0 aromatic rings. The molecule has 0 saturated heterocycles. The van der Waals surface area contributed by atoms with Crippen LogP contribution in [0.25, 0.3) is 0 Å². The molecule has 3 nitrogen and oxygen atoms in total. The van der Waals surface area contributed by atoms with Crippen LogP contribution >= 0.6 is 19.4 Å². The summed E-state index contributed by atoms with van der Waals surface area (Å²) in [5.41, 5.74) is 0. The van der Waals surface area contributed by atoms with Crippen LogP contribution in [0.1, 0.15) is 20.8 Å². The SMILES string of the molecule is CCOP(=O)(OCC)C(C)(SC)[Si](C)(C)C. The fraction of sp³-hybridized carbons (Fsp3) is 1.00. The number of rotatable bonds is 7. The summed E-state index contributed by atoms with van der Waals surface area (Å²) >= 11 is 1.61. The zero-order valence-electron chi connectivity index (χ0n) is 11.5. The Balaban J connectivity index is 5.38. The fourth-order valence-corrected chi connectivity index (χ4v) is 10.0. The van der Waals surface area contributed by atoms with Gasteiger partial charge in [0, 0.05) is 0 Å². The van der Waals surface area contributed by atoms with Crippen LogP contribution in [0.2, 0.25) is 19.6 Å². The van der Waals surface area contributed by atoms with Crippen LogP contribution in [0.5, 0.6) is 0 Å². The first-order chi connectivity index (χ1) is 7.18. The van der Waals surface area contributed by atoms with Crippen LogP contribution in [-0.2, 0) is 13.6 Å². The lowest BCUT2D eigenvalue weighted by Crippen LogP contribution is -2.47. The van der Waals surface area contributed by atoms with Crippen molar-refractivity contribution in [1.29, 1.82) is 0 Å². The molecule has 0 spiro atoms. The highest BCUT2D eigenvalue weighted by molar-refractivity contribution is 8.08. The summed E-state index contributed by atoms with van der Waals surface area (Å²) in [6.45, 7) is 13.2. The summed E-state index contributed by atoms with van der Waals surface area (Å²) in [6.07, 6.45) is 1.99. The Kier molecular flexibility index (Phi) is 6.32. The zero-order chi connectivity index (χ0) is 13.0. The van der Waals surface area contributed by atoms with E-state index >= 15 is 0 Å². The van der Waals surface area contributed by atoms with Gasteiger partial charge in [0.2, 0.25) is 0 Å². The highest BCUT2D eigenvalue weighted by Crippen LogP contribution is 2.67. The Morgan fingerprint density at radius 3 is 1.75 bits per heavy atom. The minimum Gasteiger partial charge on any atom is -0.308 e. The molecule has 16 heavy (non-hydrogen) atoms. The van der Waals surface area contributed by atoms with Gasteiger partial charge in [-0.2, -0.15) is 0 Å². The van der Waals surface area contributed by atoms with Gasteiger partial charge in [0.25, 0.3) is 0 Å². The second-order valence-corrected chi connectivity index (χ2v) is 15.0. The molecule has 1 unspecified atom stereocenters. The minimum absolute atomic E-state index is 0.397. The zero-order valence-corrected chi connectivity index (χ0v) is 14.2. The molecule has 0 aromatic heterocycles. The van der Waals surface area contributed by atoms with Gasteiger partial charge in [-0.15, -0.1) is 11.8 Å². The van der Waals surface area contributed by atoms with Crippen molar-refractivity contribution >= 4 is 27.4 Å². The lowest BCUT2D eigenvalue weighted by molar-refractivity contribution is 0.216. The first-order valence-corrected chi connectivity index (χ1v) is 11.9. The van der Waals surface area contributed by atoms with Gasteiger partial charge in [-0.05, 0) is 27.0 Å². The average molecular weight is 284 g/mol. The molecule has 0 fully saturated rings. The summed E-state index contributed by atoms with van der Waals surface area (Å²) in [4.78, 5) is 0. The molecule has 0 bridgehead atoms. The molecule has 0 aromatic carbocycles. The van der Waals surface area contributed by atoms with Crippen LogP contribution in [-0.4, -0.2) is 31.7 Å². The maximum Gasteiger partial charge on any atom is 0.343 e. The molecule has 0 aliphatic rings. The largest absolute Gasteiger partial charge is 0.343 e. The third-order valence-electron chi connectivity index (χ3n) is 2.91. The minimum atomic E-state index is -3.04. The van der Waals surface area contributed by atoms with Crippen LogP contribution in [0, 0.1) is 0 Å². The van der Waals surface area contributed by atoms with Crippen molar-refractivity contribution in [1.82, 2.24) is 0 Å².